The summed E-state index contributed by atoms with van der Waals surface area (Å²) in [5, 5.41) is 9.26. The van der Waals surface area contributed by atoms with Gasteiger partial charge in [0.15, 0.2) is 11.9 Å². The van der Waals surface area contributed by atoms with E-state index in [0.29, 0.717) is 0 Å². The van der Waals surface area contributed by atoms with Crippen molar-refractivity contribution in [2.75, 3.05) is 0 Å². The third-order valence-corrected chi connectivity index (χ3v) is 3.32. The summed E-state index contributed by atoms with van der Waals surface area (Å²) < 4.78 is 1.88. The molecule has 1 unspecified atom stereocenters. The number of ketones is 1. The average Bonchev–Trinajstić information content (AvgIpc) is 2.44. The van der Waals surface area contributed by atoms with E-state index in [1.807, 2.05) is 67.1 Å². The van der Waals surface area contributed by atoms with Crippen LogP contribution in [0.4, 0.5) is 0 Å². The van der Waals surface area contributed by atoms with Crippen LogP contribution in [0.5, 0.6) is 0 Å². The van der Waals surface area contributed by atoms with Crippen LogP contribution in [0, 0.1) is 25.2 Å². The summed E-state index contributed by atoms with van der Waals surface area (Å²) in [6, 6.07) is 15.3. The second kappa shape index (κ2) is 7.70. The first-order chi connectivity index (χ1) is 9.61. The van der Waals surface area contributed by atoms with Crippen LogP contribution in [0.3, 0.4) is 0 Å². The number of carbonyl (C=O) groups excluding carboxylic acids is 1. The Balaban J connectivity index is 0.00000220. The molecule has 3 nitrogen and oxygen atoms in total. The van der Waals surface area contributed by atoms with E-state index in [0.717, 1.165) is 16.8 Å². The number of carbonyl (C=O) groups is 1. The Kier molecular flexibility index (Phi) is 6.26. The van der Waals surface area contributed by atoms with Gasteiger partial charge in [-0.2, -0.15) is 9.83 Å². The maximum atomic E-state index is 12.3. The van der Waals surface area contributed by atoms with Crippen LogP contribution >= 0.6 is 0 Å². The highest BCUT2D eigenvalue weighted by atomic mass is 79.9. The summed E-state index contributed by atoms with van der Waals surface area (Å²) in [7, 11) is 0. The number of aromatic nitrogens is 1. The fourth-order valence-corrected chi connectivity index (χ4v) is 2.20. The van der Waals surface area contributed by atoms with Gasteiger partial charge in [0.25, 0.3) is 0 Å². The van der Waals surface area contributed by atoms with Gasteiger partial charge in [-0.05, 0) is 18.1 Å². The van der Waals surface area contributed by atoms with Gasteiger partial charge in [0, 0.05) is 19.1 Å². The minimum atomic E-state index is -0.704. The van der Waals surface area contributed by atoms with Gasteiger partial charge in [0.1, 0.15) is 5.92 Å². The third-order valence-electron chi connectivity index (χ3n) is 3.32. The molecule has 108 valence electrons. The fraction of sp³-hybridized carbons (Fsp3) is 0.235. The highest BCUT2D eigenvalue weighted by molar-refractivity contribution is 5.87. The van der Waals surface area contributed by atoms with E-state index in [1.165, 1.54) is 0 Å². The molecule has 0 aliphatic heterocycles. The summed E-state index contributed by atoms with van der Waals surface area (Å²) in [6.07, 6.45) is 1.89. The summed E-state index contributed by atoms with van der Waals surface area (Å²) in [5.74, 6) is -0.792. The van der Waals surface area contributed by atoms with Gasteiger partial charge >= 0.3 is 0 Å². The molecule has 0 saturated heterocycles. The van der Waals surface area contributed by atoms with Crippen LogP contribution in [0.1, 0.15) is 22.7 Å². The van der Waals surface area contributed by atoms with Gasteiger partial charge in [0.05, 0.1) is 6.07 Å². The Hall–Kier alpha value is -1.99. The highest BCUT2D eigenvalue weighted by Gasteiger charge is 2.24. The molecule has 0 aliphatic carbocycles. The van der Waals surface area contributed by atoms with Crippen molar-refractivity contribution in [3.05, 3.63) is 65.5 Å². The van der Waals surface area contributed by atoms with Gasteiger partial charge in [-0.3, -0.25) is 4.79 Å². The second-order valence-electron chi connectivity index (χ2n) is 4.91. The molecule has 1 atom stereocenters. The van der Waals surface area contributed by atoms with E-state index in [4.69, 9.17) is 0 Å². The number of hydrogen-bond donors (Lipinski definition) is 0. The van der Waals surface area contributed by atoms with Crippen LogP contribution in [0.25, 0.3) is 0 Å². The van der Waals surface area contributed by atoms with Crippen molar-refractivity contribution >= 4 is 5.78 Å². The van der Waals surface area contributed by atoms with Gasteiger partial charge < -0.3 is 17.0 Å². The van der Waals surface area contributed by atoms with Gasteiger partial charge in [-0.1, -0.05) is 30.3 Å². The molecule has 1 aromatic carbocycles. The number of rotatable bonds is 4. The zero-order valence-corrected chi connectivity index (χ0v) is 13.7. The minimum Gasteiger partial charge on any atom is -1.00 e. The first-order valence-corrected chi connectivity index (χ1v) is 6.56. The van der Waals surface area contributed by atoms with E-state index in [-0.39, 0.29) is 29.3 Å². The Morgan fingerprint density at radius 1 is 1.24 bits per heavy atom. The lowest BCUT2D eigenvalue weighted by molar-refractivity contribution is -0.690. The van der Waals surface area contributed by atoms with Gasteiger partial charge in [0.2, 0.25) is 12.3 Å². The molecule has 0 amide bonds. The zero-order valence-electron chi connectivity index (χ0n) is 12.1. The van der Waals surface area contributed by atoms with Crippen LogP contribution in [-0.4, -0.2) is 5.78 Å². The average molecular weight is 345 g/mol. The molecule has 0 spiro atoms. The van der Waals surface area contributed by atoms with Crippen molar-refractivity contribution in [2.45, 2.75) is 26.3 Å². The minimum absolute atomic E-state index is 0. The molecule has 4 heteroatoms. The Morgan fingerprint density at radius 3 is 2.48 bits per heavy atom. The number of hydrogen-bond acceptors (Lipinski definition) is 2. The summed E-state index contributed by atoms with van der Waals surface area (Å²) in [4.78, 5) is 12.3. The number of pyridine rings is 1. The standard InChI is InChI=1S/C17H17N2O.BrH/c1-13-8-9-19(14(2)10-13)12-17(20)16(11-18)15-6-4-3-5-7-15;/h3-10,16H,12H2,1-2H3;1H/q+1;/p-1. The predicted octanol–water partition coefficient (Wildman–Crippen LogP) is -0.529. The lowest BCUT2D eigenvalue weighted by atomic mass is 9.96. The van der Waals surface area contributed by atoms with Crippen LogP contribution in [0.15, 0.2) is 48.7 Å². The van der Waals surface area contributed by atoms with Crippen LogP contribution < -0.4 is 21.5 Å². The first-order valence-electron chi connectivity index (χ1n) is 6.56. The normalized spacial score (nSPS) is 11.1. The number of Topliss-reactive ketones (excluding diaryl/α,β-unsaturated/α-hetero) is 1. The molecular weight excluding hydrogens is 328 g/mol. The fourth-order valence-electron chi connectivity index (χ4n) is 2.20. The molecule has 2 rings (SSSR count). The lowest BCUT2D eigenvalue weighted by Gasteiger charge is -2.07. The van der Waals surface area contributed by atoms with E-state index in [1.54, 1.807) is 0 Å². The summed E-state index contributed by atoms with van der Waals surface area (Å²) in [6.45, 7) is 4.20. The number of nitrogens with zero attached hydrogens (tertiary/aromatic N) is 2. The second-order valence-corrected chi connectivity index (χ2v) is 4.91. The van der Waals surface area contributed by atoms with E-state index >= 15 is 0 Å². The SMILES string of the molecule is Cc1cc[n+](CC(=O)C(C#N)c2ccccc2)c(C)c1.[Br-]. The van der Waals surface area contributed by atoms with Gasteiger partial charge in [-0.15, -0.1) is 0 Å². The summed E-state index contributed by atoms with van der Waals surface area (Å²) >= 11 is 0. The molecule has 21 heavy (non-hydrogen) atoms. The maximum Gasteiger partial charge on any atom is 0.218 e. The maximum absolute atomic E-state index is 12.3. The van der Waals surface area contributed by atoms with Crippen LogP contribution in [0.2, 0.25) is 0 Å². The van der Waals surface area contributed by atoms with E-state index in [9.17, 15) is 10.1 Å². The Labute approximate surface area is 135 Å². The topological polar surface area (TPSA) is 44.7 Å². The van der Waals surface area contributed by atoms with Crippen molar-refractivity contribution in [2.24, 2.45) is 0 Å². The van der Waals surface area contributed by atoms with Crippen molar-refractivity contribution < 1.29 is 26.3 Å². The predicted molar refractivity (Wildman–Crippen MR) is 75.9 cm³/mol. The largest absolute Gasteiger partial charge is 1.00 e. The molecule has 0 saturated carbocycles. The number of nitriles is 1. The molecule has 0 aliphatic rings. The van der Waals surface area contributed by atoms with Crippen LogP contribution in [-0.2, 0) is 11.3 Å². The Morgan fingerprint density at radius 2 is 1.90 bits per heavy atom. The van der Waals surface area contributed by atoms with Crippen molar-refractivity contribution in [1.82, 2.24) is 0 Å². The quantitative estimate of drug-likeness (QED) is 0.700. The molecule has 2 aromatic rings. The third kappa shape index (κ3) is 4.24. The van der Waals surface area contributed by atoms with Crippen molar-refractivity contribution in [1.29, 1.82) is 5.26 Å². The number of halogens is 1. The molecule has 0 N–H and O–H groups in total. The lowest BCUT2D eigenvalue weighted by Crippen LogP contribution is -3.00. The monoisotopic (exact) mass is 344 g/mol. The first kappa shape index (κ1) is 17.1. The Bertz CT molecular complexity index is 662. The molecular formula is C17H17BrN2O. The highest BCUT2D eigenvalue weighted by Crippen LogP contribution is 2.15. The van der Waals surface area contributed by atoms with E-state index in [2.05, 4.69) is 6.07 Å². The molecule has 0 radical (unpaired) electrons. The smallest absolute Gasteiger partial charge is 0.218 e. The zero-order chi connectivity index (χ0) is 14.5. The van der Waals surface area contributed by atoms with Crippen molar-refractivity contribution in [3.8, 4) is 6.07 Å². The summed E-state index contributed by atoms with van der Waals surface area (Å²) in [5.41, 5.74) is 2.93. The number of benzene rings is 1. The molecule has 1 aromatic heterocycles. The molecule has 1 heterocycles. The van der Waals surface area contributed by atoms with Gasteiger partial charge in [-0.25, -0.2) is 0 Å². The van der Waals surface area contributed by atoms with Crippen molar-refractivity contribution in [3.63, 3.8) is 0 Å². The van der Waals surface area contributed by atoms with E-state index < -0.39 is 5.92 Å². The molecule has 0 bridgehead atoms. The molecule has 0 fully saturated rings. The number of aryl methyl sites for hydroxylation is 2.